The van der Waals surface area contributed by atoms with Crippen LogP contribution in [0.1, 0.15) is 43.7 Å². The van der Waals surface area contributed by atoms with E-state index in [9.17, 15) is 9.59 Å². The number of hydrogen-bond donors (Lipinski definition) is 1. The molecule has 0 radical (unpaired) electrons. The number of carbonyl (C=O) groups is 1. The molecule has 0 atom stereocenters. The van der Waals surface area contributed by atoms with Gasteiger partial charge in [0.15, 0.2) is 0 Å². The quantitative estimate of drug-likeness (QED) is 0.358. The average molecular weight is 521 g/mol. The van der Waals surface area contributed by atoms with Crippen LogP contribution in [-0.2, 0) is 11.3 Å². The van der Waals surface area contributed by atoms with Gasteiger partial charge in [-0.2, -0.15) is 0 Å². The van der Waals surface area contributed by atoms with E-state index in [0.717, 1.165) is 37.0 Å². The van der Waals surface area contributed by atoms with E-state index in [4.69, 9.17) is 21.9 Å². The average Bonchev–Trinajstić information content (AvgIpc) is 3.15. The Hall–Kier alpha value is -3.17. The summed E-state index contributed by atoms with van der Waals surface area (Å²) in [6.07, 6.45) is 7.69. The molecule has 2 fully saturated rings. The topological polar surface area (TPSA) is 75.9 Å². The van der Waals surface area contributed by atoms with Crippen molar-refractivity contribution in [3.63, 3.8) is 0 Å². The van der Waals surface area contributed by atoms with Crippen LogP contribution in [0.3, 0.4) is 0 Å². The van der Waals surface area contributed by atoms with Gasteiger partial charge in [-0.1, -0.05) is 49.1 Å². The van der Waals surface area contributed by atoms with Gasteiger partial charge in [0.25, 0.3) is 11.5 Å². The van der Waals surface area contributed by atoms with Crippen LogP contribution in [-0.4, -0.2) is 37.7 Å². The number of amides is 1. The Morgan fingerprint density at radius 2 is 1.89 bits per heavy atom. The third-order valence-corrected chi connectivity index (χ3v) is 8.15. The Morgan fingerprint density at radius 3 is 2.61 bits per heavy atom. The van der Waals surface area contributed by atoms with Crippen LogP contribution in [0, 0.1) is 5.92 Å². The number of anilines is 1. The molecule has 1 saturated heterocycles. The number of rotatable bonds is 6. The SMILES string of the molecule is COc1ccc(CN2C(=O)/C(=C\c3c(NC4CCC(C)CC4)nc4ccccn4c3=O)SC2=S)cc1. The van der Waals surface area contributed by atoms with Gasteiger partial charge in [-0.3, -0.25) is 18.9 Å². The van der Waals surface area contributed by atoms with Gasteiger partial charge in [-0.15, -0.1) is 0 Å². The van der Waals surface area contributed by atoms with Gasteiger partial charge in [0, 0.05) is 12.2 Å². The fourth-order valence-corrected chi connectivity index (χ4v) is 5.86. The van der Waals surface area contributed by atoms with Crippen LogP contribution >= 0.6 is 24.0 Å². The number of benzene rings is 1. The third kappa shape index (κ3) is 5.03. The highest BCUT2D eigenvalue weighted by Gasteiger charge is 2.33. The summed E-state index contributed by atoms with van der Waals surface area (Å²) in [5, 5.41) is 3.52. The molecule has 1 aromatic carbocycles. The van der Waals surface area contributed by atoms with E-state index in [0.29, 0.717) is 38.7 Å². The molecule has 1 aliphatic carbocycles. The molecule has 0 bridgehead atoms. The van der Waals surface area contributed by atoms with Gasteiger partial charge >= 0.3 is 0 Å². The molecule has 1 amide bonds. The molecule has 1 aliphatic heterocycles. The minimum atomic E-state index is -0.215. The van der Waals surface area contributed by atoms with Gasteiger partial charge < -0.3 is 10.1 Å². The first-order valence-corrected chi connectivity index (χ1v) is 13.3. The minimum absolute atomic E-state index is 0.212. The second kappa shape index (κ2) is 10.4. The Labute approximate surface area is 219 Å². The number of fused-ring (bicyclic) bond motifs is 1. The lowest BCUT2D eigenvalue weighted by molar-refractivity contribution is -0.122. The monoisotopic (exact) mass is 520 g/mol. The lowest BCUT2D eigenvalue weighted by Crippen LogP contribution is -2.29. The number of nitrogens with one attached hydrogen (secondary N) is 1. The van der Waals surface area contributed by atoms with Crippen molar-refractivity contribution < 1.29 is 9.53 Å². The molecule has 1 saturated carbocycles. The van der Waals surface area contributed by atoms with Crippen molar-refractivity contribution in [3.05, 3.63) is 75.0 Å². The van der Waals surface area contributed by atoms with Crippen molar-refractivity contribution in [2.24, 2.45) is 5.92 Å². The van der Waals surface area contributed by atoms with E-state index >= 15 is 0 Å². The van der Waals surface area contributed by atoms with E-state index < -0.39 is 0 Å². The first-order chi connectivity index (χ1) is 17.4. The molecule has 2 aromatic heterocycles. The summed E-state index contributed by atoms with van der Waals surface area (Å²) in [5.74, 6) is 1.77. The summed E-state index contributed by atoms with van der Waals surface area (Å²) in [6, 6.07) is 13.2. The van der Waals surface area contributed by atoms with Crippen LogP contribution in [0.5, 0.6) is 5.75 Å². The molecule has 7 nitrogen and oxygen atoms in total. The van der Waals surface area contributed by atoms with Crippen molar-refractivity contribution in [1.29, 1.82) is 0 Å². The minimum Gasteiger partial charge on any atom is -0.497 e. The number of pyridine rings is 1. The van der Waals surface area contributed by atoms with Gasteiger partial charge in [-0.25, -0.2) is 4.98 Å². The van der Waals surface area contributed by atoms with Crippen molar-refractivity contribution >= 4 is 51.7 Å². The molecule has 9 heteroatoms. The van der Waals surface area contributed by atoms with E-state index in [-0.39, 0.29) is 17.5 Å². The molecule has 0 unspecified atom stereocenters. The normalized spacial score (nSPS) is 21.4. The fraction of sp³-hybridized carbons (Fsp3) is 0.333. The number of nitrogens with zero attached hydrogens (tertiary/aromatic N) is 3. The van der Waals surface area contributed by atoms with E-state index in [1.54, 1.807) is 30.3 Å². The fourth-order valence-electron chi connectivity index (χ4n) is 4.62. The Kier molecular flexibility index (Phi) is 7.11. The molecule has 2 aliphatic rings. The summed E-state index contributed by atoms with van der Waals surface area (Å²) in [7, 11) is 1.62. The predicted octanol–water partition coefficient (Wildman–Crippen LogP) is 5.10. The van der Waals surface area contributed by atoms with Gasteiger partial charge in [0.2, 0.25) is 0 Å². The van der Waals surface area contributed by atoms with Crippen molar-refractivity contribution in [1.82, 2.24) is 14.3 Å². The first kappa shape index (κ1) is 24.5. The summed E-state index contributed by atoms with van der Waals surface area (Å²) >= 11 is 6.74. The van der Waals surface area contributed by atoms with Crippen LogP contribution in [0.15, 0.2) is 58.4 Å². The van der Waals surface area contributed by atoms with Crippen LogP contribution in [0.25, 0.3) is 11.7 Å². The van der Waals surface area contributed by atoms with Crippen LogP contribution in [0.4, 0.5) is 5.82 Å². The molecule has 5 rings (SSSR count). The Morgan fingerprint density at radius 1 is 1.14 bits per heavy atom. The van der Waals surface area contributed by atoms with Gasteiger partial charge in [-0.05, 0) is 67.5 Å². The maximum absolute atomic E-state index is 13.5. The number of ether oxygens (including phenoxy) is 1. The summed E-state index contributed by atoms with van der Waals surface area (Å²) in [6.45, 7) is 2.63. The summed E-state index contributed by atoms with van der Waals surface area (Å²) in [5.41, 5.74) is 1.67. The maximum Gasteiger partial charge on any atom is 0.267 e. The third-order valence-electron chi connectivity index (χ3n) is 6.77. The number of carbonyl (C=O) groups excluding carboxylic acids is 1. The van der Waals surface area contributed by atoms with Crippen molar-refractivity contribution in [2.45, 2.75) is 45.2 Å². The van der Waals surface area contributed by atoms with E-state index in [1.807, 2.05) is 36.4 Å². The molecule has 3 aromatic rings. The van der Waals surface area contributed by atoms with Crippen LogP contribution < -0.4 is 15.6 Å². The number of thioether (sulfide) groups is 1. The van der Waals surface area contributed by atoms with E-state index in [2.05, 4.69) is 12.2 Å². The number of hydrogen-bond acceptors (Lipinski definition) is 7. The van der Waals surface area contributed by atoms with E-state index in [1.165, 1.54) is 16.2 Å². The highest BCUT2D eigenvalue weighted by molar-refractivity contribution is 8.26. The maximum atomic E-state index is 13.5. The molecule has 1 N–H and O–H groups in total. The zero-order valence-corrected chi connectivity index (χ0v) is 21.9. The predicted molar refractivity (Wildman–Crippen MR) is 148 cm³/mol. The van der Waals surface area contributed by atoms with Gasteiger partial charge in [0.1, 0.15) is 21.5 Å². The zero-order chi connectivity index (χ0) is 25.2. The lowest BCUT2D eigenvalue weighted by Gasteiger charge is -2.27. The molecular formula is C27H28N4O3S2. The smallest absolute Gasteiger partial charge is 0.267 e. The standard InChI is InChI=1S/C27H28N4O3S2/c1-17-6-10-19(11-7-17)28-24-21(25(32)30-14-4-3-5-23(30)29-24)15-22-26(33)31(27(35)36-22)16-18-8-12-20(34-2)13-9-18/h3-5,8-9,12-15,17,19,28H,6-7,10-11,16H2,1-2H3/b22-15+. The largest absolute Gasteiger partial charge is 0.497 e. The summed E-state index contributed by atoms with van der Waals surface area (Å²) in [4.78, 5) is 33.6. The Bertz CT molecular complexity index is 1390. The second-order valence-corrected chi connectivity index (χ2v) is 11.0. The number of aromatic nitrogens is 2. The molecule has 186 valence electrons. The van der Waals surface area contributed by atoms with Crippen LogP contribution in [0.2, 0.25) is 0 Å². The molecular weight excluding hydrogens is 492 g/mol. The van der Waals surface area contributed by atoms with Crippen molar-refractivity contribution in [3.8, 4) is 5.75 Å². The molecule has 36 heavy (non-hydrogen) atoms. The molecule has 0 spiro atoms. The first-order valence-electron chi connectivity index (χ1n) is 12.1. The Balaban J connectivity index is 1.47. The molecule has 3 heterocycles. The highest BCUT2D eigenvalue weighted by atomic mass is 32.2. The number of thiocarbonyl (C=S) groups is 1. The van der Waals surface area contributed by atoms with Crippen molar-refractivity contribution in [2.75, 3.05) is 12.4 Å². The van der Waals surface area contributed by atoms with Gasteiger partial charge in [0.05, 0.1) is 24.1 Å². The highest BCUT2D eigenvalue weighted by Crippen LogP contribution is 2.35. The zero-order valence-electron chi connectivity index (χ0n) is 20.3. The summed E-state index contributed by atoms with van der Waals surface area (Å²) < 4.78 is 7.19. The lowest BCUT2D eigenvalue weighted by atomic mass is 9.87. The second-order valence-electron chi connectivity index (χ2n) is 9.33. The number of methoxy groups -OCH3 is 1.